The van der Waals surface area contributed by atoms with Crippen molar-refractivity contribution >= 4 is 28.8 Å². The van der Waals surface area contributed by atoms with Crippen molar-refractivity contribution in [3.05, 3.63) is 100 Å². The Balaban J connectivity index is 1.28. The maximum absolute atomic E-state index is 13.7. The number of halogens is 1. The van der Waals surface area contributed by atoms with Crippen LogP contribution in [0.1, 0.15) is 30.7 Å². The van der Waals surface area contributed by atoms with Crippen molar-refractivity contribution < 1.29 is 18.7 Å². The van der Waals surface area contributed by atoms with Crippen LogP contribution in [-0.4, -0.2) is 27.0 Å². The first kappa shape index (κ1) is 22.0. The first-order valence-corrected chi connectivity index (χ1v) is 10.7. The molecule has 2 heterocycles. The number of anilines is 1. The Labute approximate surface area is 192 Å². The van der Waals surface area contributed by atoms with E-state index in [1.54, 1.807) is 42.7 Å². The molecule has 0 aliphatic rings. The normalized spacial score (nSPS) is 10.5. The van der Waals surface area contributed by atoms with Gasteiger partial charge in [-0.25, -0.2) is 4.39 Å². The fourth-order valence-electron chi connectivity index (χ4n) is 2.77. The average molecular weight is 463 g/mol. The molecule has 0 saturated carbocycles. The Morgan fingerprint density at radius 2 is 1.70 bits per heavy atom. The molecule has 0 spiro atoms. The molecule has 0 bridgehead atoms. The van der Waals surface area contributed by atoms with E-state index in [4.69, 9.17) is 4.74 Å². The summed E-state index contributed by atoms with van der Waals surface area (Å²) in [5, 5.41) is 13.6. The van der Waals surface area contributed by atoms with E-state index >= 15 is 0 Å². The van der Waals surface area contributed by atoms with Gasteiger partial charge in [0.1, 0.15) is 18.2 Å². The monoisotopic (exact) mass is 463 g/mol. The zero-order chi connectivity index (χ0) is 23.0. The molecule has 2 aromatic heterocycles. The van der Waals surface area contributed by atoms with Crippen molar-refractivity contribution in [1.82, 2.24) is 20.5 Å². The largest absolute Gasteiger partial charge is 0.486 e. The standard InChI is InChI=1S/C23H18FN5O3S/c24-18-3-1-2-4-19(18)27-22(31)23-29-28-20(33-23)14-32-17-7-5-16(6-8-17)21(30)26-13-15-9-11-25-12-10-15/h1-12H,13-14H2,(H,26,30)(H,27,31). The van der Waals surface area contributed by atoms with Crippen LogP contribution < -0.4 is 15.4 Å². The van der Waals surface area contributed by atoms with E-state index in [0.717, 1.165) is 16.9 Å². The predicted molar refractivity (Wildman–Crippen MR) is 120 cm³/mol. The fraction of sp³-hybridized carbons (Fsp3) is 0.0870. The number of rotatable bonds is 8. The van der Waals surface area contributed by atoms with Gasteiger partial charge in [0.15, 0.2) is 5.01 Å². The molecule has 33 heavy (non-hydrogen) atoms. The Morgan fingerprint density at radius 1 is 0.939 bits per heavy atom. The third kappa shape index (κ3) is 5.95. The number of ether oxygens (including phenoxy) is 1. The minimum Gasteiger partial charge on any atom is -0.486 e. The highest BCUT2D eigenvalue weighted by molar-refractivity contribution is 7.13. The van der Waals surface area contributed by atoms with E-state index < -0.39 is 11.7 Å². The molecule has 0 saturated heterocycles. The molecule has 0 unspecified atom stereocenters. The molecule has 8 nitrogen and oxygen atoms in total. The van der Waals surface area contributed by atoms with Crippen molar-refractivity contribution in [3.8, 4) is 5.75 Å². The van der Waals surface area contributed by atoms with Gasteiger partial charge in [-0.3, -0.25) is 14.6 Å². The topological polar surface area (TPSA) is 106 Å². The summed E-state index contributed by atoms with van der Waals surface area (Å²) in [6, 6.07) is 16.2. The van der Waals surface area contributed by atoms with E-state index in [0.29, 0.717) is 22.9 Å². The number of nitrogens with one attached hydrogen (secondary N) is 2. The lowest BCUT2D eigenvalue weighted by Crippen LogP contribution is -2.22. The SMILES string of the molecule is O=C(NCc1ccncc1)c1ccc(OCc2nnc(C(=O)Nc3ccccc3F)s2)cc1. The minimum absolute atomic E-state index is 0.0698. The van der Waals surface area contributed by atoms with Crippen LogP contribution in [0.3, 0.4) is 0 Å². The molecule has 0 aliphatic carbocycles. The molecule has 166 valence electrons. The second-order valence-electron chi connectivity index (χ2n) is 6.79. The van der Waals surface area contributed by atoms with Crippen molar-refractivity contribution in [1.29, 1.82) is 0 Å². The second-order valence-corrected chi connectivity index (χ2v) is 7.85. The van der Waals surface area contributed by atoms with E-state index in [9.17, 15) is 14.0 Å². The van der Waals surface area contributed by atoms with E-state index in [2.05, 4.69) is 25.8 Å². The maximum atomic E-state index is 13.7. The van der Waals surface area contributed by atoms with Crippen molar-refractivity contribution in [2.75, 3.05) is 5.32 Å². The molecular formula is C23H18FN5O3S. The number of aromatic nitrogens is 3. The van der Waals surface area contributed by atoms with Crippen LogP contribution in [0, 0.1) is 5.82 Å². The number of amides is 2. The molecule has 0 aliphatic heterocycles. The van der Waals surface area contributed by atoms with Crippen LogP contribution in [-0.2, 0) is 13.2 Å². The smallest absolute Gasteiger partial charge is 0.286 e. The van der Waals surface area contributed by atoms with Gasteiger partial charge >= 0.3 is 0 Å². The van der Waals surface area contributed by atoms with E-state index in [-0.39, 0.29) is 23.2 Å². The molecule has 0 fully saturated rings. The van der Waals surface area contributed by atoms with Crippen molar-refractivity contribution in [2.24, 2.45) is 0 Å². The summed E-state index contributed by atoms with van der Waals surface area (Å²) in [7, 11) is 0. The Bertz CT molecular complexity index is 1250. The highest BCUT2D eigenvalue weighted by Gasteiger charge is 2.15. The number of para-hydroxylation sites is 1. The number of pyridine rings is 1. The van der Waals surface area contributed by atoms with Crippen LogP contribution in [0.4, 0.5) is 10.1 Å². The quantitative estimate of drug-likeness (QED) is 0.411. The lowest BCUT2D eigenvalue weighted by Gasteiger charge is -2.07. The van der Waals surface area contributed by atoms with Crippen molar-refractivity contribution in [3.63, 3.8) is 0 Å². The lowest BCUT2D eigenvalue weighted by molar-refractivity contribution is 0.0950. The molecular weight excluding hydrogens is 445 g/mol. The number of hydrogen-bond donors (Lipinski definition) is 2. The van der Waals surface area contributed by atoms with Gasteiger partial charge in [-0.2, -0.15) is 0 Å². The third-order valence-electron chi connectivity index (χ3n) is 4.46. The lowest BCUT2D eigenvalue weighted by atomic mass is 10.2. The average Bonchev–Trinajstić information content (AvgIpc) is 3.33. The van der Waals surface area contributed by atoms with Gasteiger partial charge in [0.25, 0.3) is 11.8 Å². The maximum Gasteiger partial charge on any atom is 0.286 e. The third-order valence-corrected chi connectivity index (χ3v) is 5.36. The molecule has 2 N–H and O–H groups in total. The fourth-order valence-corrected chi connectivity index (χ4v) is 3.42. The zero-order valence-corrected chi connectivity index (χ0v) is 18.0. The molecule has 0 atom stereocenters. The first-order valence-electron chi connectivity index (χ1n) is 9.87. The minimum atomic E-state index is -0.550. The predicted octanol–water partition coefficient (Wildman–Crippen LogP) is 3.83. The van der Waals surface area contributed by atoms with Gasteiger partial charge in [-0.05, 0) is 54.1 Å². The number of carbonyl (C=O) groups is 2. The summed E-state index contributed by atoms with van der Waals surface area (Å²) in [6.45, 7) is 0.502. The Kier molecular flexibility index (Phi) is 6.96. The van der Waals surface area contributed by atoms with Gasteiger partial charge < -0.3 is 15.4 Å². The van der Waals surface area contributed by atoms with Crippen LogP contribution >= 0.6 is 11.3 Å². The summed E-state index contributed by atoms with van der Waals surface area (Å²) >= 11 is 1.05. The highest BCUT2D eigenvalue weighted by atomic mass is 32.1. The van der Waals surface area contributed by atoms with Crippen LogP contribution in [0.15, 0.2) is 73.1 Å². The first-order chi connectivity index (χ1) is 16.1. The molecule has 4 aromatic rings. The van der Waals surface area contributed by atoms with Gasteiger partial charge in [0.05, 0.1) is 5.69 Å². The second kappa shape index (κ2) is 10.4. The molecule has 4 rings (SSSR count). The number of benzene rings is 2. The molecule has 2 aromatic carbocycles. The summed E-state index contributed by atoms with van der Waals surface area (Å²) in [6.07, 6.45) is 3.34. The molecule has 2 amide bonds. The van der Waals surface area contributed by atoms with Gasteiger partial charge in [0.2, 0.25) is 5.01 Å². The highest BCUT2D eigenvalue weighted by Crippen LogP contribution is 2.18. The zero-order valence-electron chi connectivity index (χ0n) is 17.2. The number of nitrogens with zero attached hydrogens (tertiary/aromatic N) is 3. The Morgan fingerprint density at radius 3 is 2.45 bits per heavy atom. The molecule has 0 radical (unpaired) electrons. The van der Waals surface area contributed by atoms with Gasteiger partial charge in [-0.1, -0.05) is 23.5 Å². The van der Waals surface area contributed by atoms with Gasteiger partial charge in [0, 0.05) is 24.5 Å². The van der Waals surface area contributed by atoms with E-state index in [1.807, 2.05) is 12.1 Å². The summed E-state index contributed by atoms with van der Waals surface area (Å²) in [5.74, 6) is -0.749. The number of hydrogen-bond acceptors (Lipinski definition) is 7. The van der Waals surface area contributed by atoms with Gasteiger partial charge in [-0.15, -0.1) is 10.2 Å². The summed E-state index contributed by atoms with van der Waals surface area (Å²) in [4.78, 5) is 28.5. The Hall–Kier alpha value is -4.18. The van der Waals surface area contributed by atoms with E-state index in [1.165, 1.54) is 18.2 Å². The molecule has 10 heteroatoms. The van der Waals surface area contributed by atoms with Crippen LogP contribution in [0.5, 0.6) is 5.75 Å². The summed E-state index contributed by atoms with van der Waals surface area (Å²) in [5.41, 5.74) is 1.53. The van der Waals surface area contributed by atoms with Crippen LogP contribution in [0.25, 0.3) is 0 Å². The number of carbonyl (C=O) groups excluding carboxylic acids is 2. The van der Waals surface area contributed by atoms with Crippen molar-refractivity contribution in [2.45, 2.75) is 13.2 Å². The summed E-state index contributed by atoms with van der Waals surface area (Å²) < 4.78 is 19.3. The van der Waals surface area contributed by atoms with Crippen LogP contribution in [0.2, 0.25) is 0 Å².